The van der Waals surface area contributed by atoms with Crippen molar-refractivity contribution < 1.29 is 19.4 Å². The van der Waals surface area contributed by atoms with Gasteiger partial charge in [-0.15, -0.1) is 0 Å². The van der Waals surface area contributed by atoms with Gasteiger partial charge in [0.2, 0.25) is 0 Å². The van der Waals surface area contributed by atoms with Gasteiger partial charge in [0.15, 0.2) is 5.60 Å². The van der Waals surface area contributed by atoms with Gasteiger partial charge in [0.25, 0.3) is 5.56 Å². The number of aliphatic hydroxyl groups is 1. The average Bonchev–Trinajstić information content (AvgIpc) is 3.12. The quantitative estimate of drug-likeness (QED) is 0.526. The zero-order valence-electron chi connectivity index (χ0n) is 17.1. The molecule has 0 saturated carbocycles. The number of esters is 1. The molecule has 0 spiro atoms. The van der Waals surface area contributed by atoms with Gasteiger partial charge in [-0.3, -0.25) is 4.79 Å². The molecule has 5 rings (SSSR count). The van der Waals surface area contributed by atoms with Crippen molar-refractivity contribution in [1.82, 2.24) is 9.55 Å². The third kappa shape index (κ3) is 2.32. The molecule has 7 nitrogen and oxygen atoms in total. The number of rotatable bonds is 3. The number of hydrogen-bond donors (Lipinski definition) is 1. The van der Waals surface area contributed by atoms with Crippen LogP contribution in [-0.4, -0.2) is 27.7 Å². The number of hydrogen-bond acceptors (Lipinski definition) is 6. The number of aromatic nitrogens is 2. The Bertz CT molecular complexity index is 1280. The van der Waals surface area contributed by atoms with E-state index in [0.29, 0.717) is 35.5 Å². The minimum absolute atomic E-state index is 0.118. The Balaban J connectivity index is 1.80. The van der Waals surface area contributed by atoms with Crippen molar-refractivity contribution in [2.45, 2.75) is 44.9 Å². The lowest BCUT2D eigenvalue weighted by Gasteiger charge is -2.35. The Hall–Kier alpha value is -3.19. The van der Waals surface area contributed by atoms with Gasteiger partial charge in [-0.05, 0) is 37.1 Å². The summed E-state index contributed by atoms with van der Waals surface area (Å²) >= 11 is 0. The third-order valence-electron chi connectivity index (χ3n) is 6.26. The molecule has 0 aliphatic carbocycles. The van der Waals surface area contributed by atoms with Crippen LogP contribution in [0.3, 0.4) is 0 Å². The molecule has 2 aliphatic rings. The lowest BCUT2D eigenvalue weighted by molar-refractivity contribution is -0.178. The van der Waals surface area contributed by atoms with Crippen LogP contribution < -0.4 is 10.3 Å². The number of cyclic esters (lactones) is 1. The lowest BCUT2D eigenvalue weighted by atomic mass is 9.83. The smallest absolute Gasteiger partial charge is 0.343 e. The second-order valence-corrected chi connectivity index (χ2v) is 7.79. The Morgan fingerprint density at radius 1 is 1.30 bits per heavy atom. The van der Waals surface area contributed by atoms with Crippen LogP contribution in [-0.2, 0) is 21.7 Å². The van der Waals surface area contributed by atoms with E-state index in [1.807, 2.05) is 31.2 Å². The first-order valence-electron chi connectivity index (χ1n) is 10.1. The standard InChI is InChI=1S/C23H22N2O5/c1-4-17-19-14(23(28,5-2)22(27)30-17)10-16-20-12(11-25(16)21(19)26)9-13-15(24-20)7-6-8-18(13)29-3/h6-10,17,28H,4-5,11H2,1-3H3/t17?,23-/m0/s1. The van der Waals surface area contributed by atoms with E-state index in [-0.39, 0.29) is 12.0 Å². The number of fused-ring (bicyclic) bond motifs is 5. The fraction of sp³-hybridized carbons (Fsp3) is 0.348. The summed E-state index contributed by atoms with van der Waals surface area (Å²) < 4.78 is 12.6. The van der Waals surface area contributed by atoms with E-state index in [9.17, 15) is 14.7 Å². The van der Waals surface area contributed by atoms with Crippen LogP contribution in [0.15, 0.2) is 35.1 Å². The molecule has 1 unspecified atom stereocenters. The molecular weight excluding hydrogens is 384 g/mol. The Labute approximate surface area is 172 Å². The molecule has 7 heteroatoms. The summed E-state index contributed by atoms with van der Waals surface area (Å²) in [6.07, 6.45) is -0.0901. The van der Waals surface area contributed by atoms with Crippen molar-refractivity contribution >= 4 is 16.9 Å². The predicted molar refractivity (Wildman–Crippen MR) is 110 cm³/mol. The highest BCUT2D eigenvalue weighted by atomic mass is 16.6. The molecule has 3 aromatic rings. The van der Waals surface area contributed by atoms with Gasteiger partial charge in [-0.1, -0.05) is 19.9 Å². The predicted octanol–water partition coefficient (Wildman–Crippen LogP) is 3.04. The van der Waals surface area contributed by atoms with E-state index in [4.69, 9.17) is 14.5 Å². The molecule has 0 bridgehead atoms. The first-order valence-corrected chi connectivity index (χ1v) is 10.1. The summed E-state index contributed by atoms with van der Waals surface area (Å²) in [5.41, 5.74) is 1.55. The third-order valence-corrected chi connectivity index (χ3v) is 6.26. The summed E-state index contributed by atoms with van der Waals surface area (Å²) in [5, 5.41) is 12.0. The second kappa shape index (κ2) is 6.40. The first-order chi connectivity index (χ1) is 14.4. The molecule has 0 amide bonds. The van der Waals surface area contributed by atoms with Crippen molar-refractivity contribution in [3.63, 3.8) is 0 Å². The molecule has 4 heterocycles. The highest BCUT2D eigenvalue weighted by molar-refractivity contribution is 5.89. The molecule has 0 fully saturated rings. The first kappa shape index (κ1) is 18.8. The molecule has 0 saturated heterocycles. The van der Waals surface area contributed by atoms with Gasteiger partial charge in [0, 0.05) is 16.5 Å². The molecule has 2 aromatic heterocycles. The van der Waals surface area contributed by atoms with Crippen molar-refractivity contribution in [2.75, 3.05) is 7.11 Å². The maximum atomic E-state index is 13.5. The van der Waals surface area contributed by atoms with Crippen molar-refractivity contribution in [3.05, 3.63) is 57.4 Å². The number of carbonyl (C=O) groups excluding carboxylic acids is 1. The molecule has 0 radical (unpaired) electrons. The van der Waals surface area contributed by atoms with E-state index < -0.39 is 17.7 Å². The molecule has 1 aromatic carbocycles. The summed E-state index contributed by atoms with van der Waals surface area (Å²) in [7, 11) is 1.61. The van der Waals surface area contributed by atoms with E-state index in [2.05, 4.69) is 0 Å². The number of ether oxygens (including phenoxy) is 2. The van der Waals surface area contributed by atoms with Gasteiger partial charge >= 0.3 is 5.97 Å². The largest absolute Gasteiger partial charge is 0.496 e. The van der Waals surface area contributed by atoms with Crippen LogP contribution in [0, 0.1) is 0 Å². The minimum atomic E-state index is -1.83. The maximum absolute atomic E-state index is 13.5. The van der Waals surface area contributed by atoms with Crippen LogP contribution in [0.25, 0.3) is 22.3 Å². The Morgan fingerprint density at radius 2 is 2.10 bits per heavy atom. The van der Waals surface area contributed by atoms with E-state index in [1.54, 1.807) is 24.7 Å². The molecular formula is C23H22N2O5. The van der Waals surface area contributed by atoms with Gasteiger partial charge in [-0.2, -0.15) is 0 Å². The second-order valence-electron chi connectivity index (χ2n) is 7.79. The highest BCUT2D eigenvalue weighted by Gasteiger charge is 2.48. The van der Waals surface area contributed by atoms with Gasteiger partial charge in [-0.25, -0.2) is 9.78 Å². The van der Waals surface area contributed by atoms with Crippen molar-refractivity contribution in [2.24, 2.45) is 0 Å². The molecule has 2 aliphatic heterocycles. The van der Waals surface area contributed by atoms with E-state index in [0.717, 1.165) is 22.2 Å². The number of pyridine rings is 2. The van der Waals surface area contributed by atoms with E-state index in [1.165, 1.54) is 0 Å². The summed E-state index contributed by atoms with van der Waals surface area (Å²) in [5.74, 6) is 0.0129. The van der Waals surface area contributed by atoms with Crippen LogP contribution in [0.2, 0.25) is 0 Å². The lowest BCUT2D eigenvalue weighted by Crippen LogP contribution is -2.46. The summed E-state index contributed by atoms with van der Waals surface area (Å²) in [6.45, 7) is 3.92. The van der Waals surface area contributed by atoms with Crippen LogP contribution in [0.1, 0.15) is 49.5 Å². The number of methoxy groups -OCH3 is 1. The fourth-order valence-corrected chi connectivity index (χ4v) is 4.59. The fourth-order valence-electron chi connectivity index (χ4n) is 4.59. The number of benzene rings is 1. The van der Waals surface area contributed by atoms with Gasteiger partial charge in [0.05, 0.1) is 36.1 Å². The van der Waals surface area contributed by atoms with Gasteiger partial charge < -0.3 is 19.1 Å². The van der Waals surface area contributed by atoms with Gasteiger partial charge in [0.1, 0.15) is 11.9 Å². The highest BCUT2D eigenvalue weighted by Crippen LogP contribution is 2.43. The molecule has 1 N–H and O–H groups in total. The maximum Gasteiger partial charge on any atom is 0.343 e. The average molecular weight is 406 g/mol. The summed E-state index contributed by atoms with van der Waals surface area (Å²) in [6, 6.07) is 9.37. The van der Waals surface area contributed by atoms with E-state index >= 15 is 0 Å². The molecule has 30 heavy (non-hydrogen) atoms. The monoisotopic (exact) mass is 406 g/mol. The normalized spacial score (nSPS) is 21.7. The Kier molecular flexibility index (Phi) is 4.02. The van der Waals surface area contributed by atoms with Crippen molar-refractivity contribution in [3.8, 4) is 17.1 Å². The van der Waals surface area contributed by atoms with Crippen LogP contribution in [0.4, 0.5) is 0 Å². The zero-order chi connectivity index (χ0) is 21.2. The minimum Gasteiger partial charge on any atom is -0.496 e. The molecule has 154 valence electrons. The SMILES string of the molecule is CCC1OC(=O)[C@](O)(CC)c2cc3n(c(=O)c21)Cc1cc2c(OC)cccc2nc1-3. The van der Waals surface area contributed by atoms with Crippen LogP contribution >= 0.6 is 0 Å². The topological polar surface area (TPSA) is 90.7 Å². The Morgan fingerprint density at radius 3 is 2.80 bits per heavy atom. The summed E-state index contributed by atoms with van der Waals surface area (Å²) in [4.78, 5) is 30.8. The zero-order valence-corrected chi connectivity index (χ0v) is 17.1. The molecule has 2 atom stereocenters. The number of nitrogens with zero attached hydrogens (tertiary/aromatic N) is 2. The van der Waals surface area contributed by atoms with Crippen molar-refractivity contribution in [1.29, 1.82) is 0 Å². The number of carbonyl (C=O) groups is 1. The van der Waals surface area contributed by atoms with Crippen LogP contribution in [0.5, 0.6) is 5.75 Å².